The average molecular weight is 384 g/mol. The minimum absolute atomic E-state index is 0.0910. The quantitative estimate of drug-likeness (QED) is 0.738. The molecule has 0 bridgehead atoms. The summed E-state index contributed by atoms with van der Waals surface area (Å²) in [5.74, 6) is -0.763. The van der Waals surface area contributed by atoms with E-state index in [0.29, 0.717) is 12.2 Å². The van der Waals surface area contributed by atoms with Gasteiger partial charge in [0.1, 0.15) is 12.4 Å². The first kappa shape index (κ1) is 17.4. The van der Waals surface area contributed by atoms with Crippen molar-refractivity contribution < 1.29 is 18.3 Å². The third-order valence-electron chi connectivity index (χ3n) is 3.11. The van der Waals surface area contributed by atoms with Crippen molar-refractivity contribution in [2.24, 2.45) is 0 Å². The molecule has 2 aromatic carbocycles. The molecule has 1 amide bonds. The van der Waals surface area contributed by atoms with Gasteiger partial charge in [0.2, 0.25) is 0 Å². The Morgan fingerprint density at radius 3 is 2.22 bits per heavy atom. The van der Waals surface area contributed by atoms with Crippen LogP contribution in [0, 0.1) is 0 Å². The normalized spacial score (nSPS) is 12.5. The first-order chi connectivity index (χ1) is 10.9. The van der Waals surface area contributed by atoms with Crippen LogP contribution in [0.2, 0.25) is 0 Å². The number of para-hydroxylation sites is 1. The van der Waals surface area contributed by atoms with E-state index in [4.69, 9.17) is 4.74 Å². The Hall–Kier alpha value is -1.95. The molecule has 0 aromatic heterocycles. The van der Waals surface area contributed by atoms with Crippen molar-refractivity contribution in [2.45, 2.75) is 17.3 Å². The molecule has 0 fully saturated rings. The number of rotatable bonds is 7. The van der Waals surface area contributed by atoms with E-state index in [1.54, 1.807) is 12.1 Å². The Bertz CT molecular complexity index is 617. The Kier molecular flexibility index (Phi) is 6.10. The number of hydrogen-bond donors (Lipinski definition) is 1. The molecule has 0 aliphatic heterocycles. The SMILES string of the molecule is O=C(NC(COc1ccccc1)Cc1ccccc1)C(F)(F)Br. The largest absolute Gasteiger partial charge is 0.491 e. The van der Waals surface area contributed by atoms with Crippen LogP contribution in [0.4, 0.5) is 8.78 Å². The lowest BCUT2D eigenvalue weighted by Gasteiger charge is -2.21. The van der Waals surface area contributed by atoms with Gasteiger partial charge in [-0.15, -0.1) is 0 Å². The van der Waals surface area contributed by atoms with Gasteiger partial charge in [-0.25, -0.2) is 0 Å². The smallest absolute Gasteiger partial charge is 0.377 e. The zero-order chi connectivity index (χ0) is 16.7. The molecule has 0 aliphatic rings. The van der Waals surface area contributed by atoms with E-state index in [9.17, 15) is 13.6 Å². The number of ether oxygens (including phenoxy) is 1. The minimum atomic E-state index is -3.60. The second kappa shape index (κ2) is 8.06. The zero-order valence-corrected chi connectivity index (χ0v) is 13.8. The van der Waals surface area contributed by atoms with Gasteiger partial charge in [0.15, 0.2) is 0 Å². The van der Waals surface area contributed by atoms with Crippen molar-refractivity contribution in [3.8, 4) is 5.75 Å². The number of nitrogens with one attached hydrogen (secondary N) is 1. The van der Waals surface area contributed by atoms with Gasteiger partial charge >= 0.3 is 10.7 Å². The van der Waals surface area contributed by atoms with Crippen LogP contribution in [-0.4, -0.2) is 23.4 Å². The number of halogens is 3. The molecule has 122 valence electrons. The van der Waals surface area contributed by atoms with Gasteiger partial charge in [0, 0.05) is 15.9 Å². The maximum absolute atomic E-state index is 13.0. The third kappa shape index (κ3) is 5.98. The standard InChI is InChI=1S/C17H16BrF2NO2/c18-17(19,20)16(22)21-14(11-13-7-3-1-4-8-13)12-23-15-9-5-2-6-10-15/h1-10,14H,11-12H2,(H,21,22). The lowest BCUT2D eigenvalue weighted by atomic mass is 10.1. The molecule has 1 N–H and O–H groups in total. The summed E-state index contributed by atoms with van der Waals surface area (Å²) in [4.78, 5) is 7.91. The summed E-state index contributed by atoms with van der Waals surface area (Å²) in [6.07, 6.45) is 0.391. The summed E-state index contributed by atoms with van der Waals surface area (Å²) in [7, 11) is 0. The van der Waals surface area contributed by atoms with Crippen LogP contribution in [0.25, 0.3) is 0 Å². The number of carbonyl (C=O) groups excluding carboxylic acids is 1. The van der Waals surface area contributed by atoms with E-state index in [-0.39, 0.29) is 6.61 Å². The Morgan fingerprint density at radius 2 is 1.65 bits per heavy atom. The molecule has 23 heavy (non-hydrogen) atoms. The van der Waals surface area contributed by atoms with E-state index >= 15 is 0 Å². The Morgan fingerprint density at radius 1 is 1.09 bits per heavy atom. The fraction of sp³-hybridized carbons (Fsp3) is 0.235. The molecule has 2 aromatic rings. The van der Waals surface area contributed by atoms with Crippen LogP contribution < -0.4 is 10.1 Å². The van der Waals surface area contributed by atoms with E-state index in [0.717, 1.165) is 5.56 Å². The molecule has 0 radical (unpaired) electrons. The minimum Gasteiger partial charge on any atom is -0.491 e. The average Bonchev–Trinajstić information content (AvgIpc) is 2.53. The number of benzene rings is 2. The van der Waals surface area contributed by atoms with Gasteiger partial charge in [-0.05, 0) is 24.1 Å². The second-order valence-electron chi connectivity index (χ2n) is 4.98. The number of amides is 1. The lowest BCUT2D eigenvalue weighted by molar-refractivity contribution is -0.135. The highest BCUT2D eigenvalue weighted by Gasteiger charge is 2.36. The highest BCUT2D eigenvalue weighted by atomic mass is 79.9. The van der Waals surface area contributed by atoms with Gasteiger partial charge in [-0.1, -0.05) is 48.5 Å². The summed E-state index contributed by atoms with van der Waals surface area (Å²) < 4.78 is 31.7. The van der Waals surface area contributed by atoms with E-state index < -0.39 is 16.8 Å². The van der Waals surface area contributed by atoms with Crippen molar-refractivity contribution >= 4 is 21.8 Å². The molecular formula is C17H16BrF2NO2. The lowest BCUT2D eigenvalue weighted by Crippen LogP contribution is -2.46. The molecule has 3 nitrogen and oxygen atoms in total. The molecule has 0 heterocycles. The van der Waals surface area contributed by atoms with Crippen LogP contribution in [0.5, 0.6) is 5.75 Å². The first-order valence-corrected chi connectivity index (χ1v) is 7.84. The fourth-order valence-corrected chi connectivity index (χ4v) is 2.15. The van der Waals surface area contributed by atoms with Gasteiger partial charge in [-0.2, -0.15) is 8.78 Å². The molecule has 6 heteroatoms. The highest BCUT2D eigenvalue weighted by Crippen LogP contribution is 2.22. The summed E-state index contributed by atoms with van der Waals surface area (Å²) >= 11 is 2.07. The van der Waals surface area contributed by atoms with Gasteiger partial charge in [-0.3, -0.25) is 4.79 Å². The summed E-state index contributed by atoms with van der Waals surface area (Å²) in [5.41, 5.74) is 0.923. The highest BCUT2D eigenvalue weighted by molar-refractivity contribution is 9.10. The first-order valence-electron chi connectivity index (χ1n) is 7.04. The van der Waals surface area contributed by atoms with Gasteiger partial charge in [0.05, 0.1) is 6.04 Å². The van der Waals surface area contributed by atoms with E-state index in [2.05, 4.69) is 21.2 Å². The van der Waals surface area contributed by atoms with Crippen molar-refractivity contribution in [1.82, 2.24) is 5.32 Å². The molecule has 0 saturated heterocycles. The van der Waals surface area contributed by atoms with Crippen LogP contribution in [0.1, 0.15) is 5.56 Å². The molecule has 0 spiro atoms. The number of carbonyl (C=O) groups is 1. The van der Waals surface area contributed by atoms with Crippen molar-refractivity contribution in [2.75, 3.05) is 6.61 Å². The van der Waals surface area contributed by atoms with Crippen molar-refractivity contribution in [3.05, 3.63) is 66.2 Å². The summed E-state index contributed by atoms with van der Waals surface area (Å²) in [6, 6.07) is 17.7. The molecule has 0 saturated carbocycles. The molecule has 0 aliphatic carbocycles. The van der Waals surface area contributed by atoms with E-state index in [1.165, 1.54) is 0 Å². The third-order valence-corrected chi connectivity index (χ3v) is 3.47. The predicted molar refractivity (Wildman–Crippen MR) is 87.9 cm³/mol. The summed E-state index contributed by atoms with van der Waals surface area (Å²) in [6.45, 7) is 0.0910. The van der Waals surface area contributed by atoms with Gasteiger partial charge in [0.25, 0.3) is 0 Å². The summed E-state index contributed by atoms with van der Waals surface area (Å²) in [5, 5.41) is 2.31. The molecule has 1 atom stereocenters. The molecular weight excluding hydrogens is 368 g/mol. The van der Waals surface area contributed by atoms with Gasteiger partial charge < -0.3 is 10.1 Å². The predicted octanol–water partition coefficient (Wildman–Crippen LogP) is 3.78. The molecule has 2 rings (SSSR count). The Labute approximate surface area is 141 Å². The topological polar surface area (TPSA) is 38.3 Å². The van der Waals surface area contributed by atoms with Crippen LogP contribution in [0.15, 0.2) is 60.7 Å². The van der Waals surface area contributed by atoms with Crippen LogP contribution in [-0.2, 0) is 11.2 Å². The second-order valence-corrected chi connectivity index (χ2v) is 5.98. The van der Waals surface area contributed by atoms with E-state index in [1.807, 2.05) is 48.5 Å². The van der Waals surface area contributed by atoms with Crippen LogP contribution >= 0.6 is 15.9 Å². The maximum atomic E-state index is 13.0. The zero-order valence-electron chi connectivity index (χ0n) is 12.2. The monoisotopic (exact) mass is 383 g/mol. The number of alkyl halides is 3. The maximum Gasteiger partial charge on any atom is 0.377 e. The van der Waals surface area contributed by atoms with Crippen molar-refractivity contribution in [3.63, 3.8) is 0 Å². The molecule has 1 unspecified atom stereocenters. The Balaban J connectivity index is 2.03. The van der Waals surface area contributed by atoms with Crippen molar-refractivity contribution in [1.29, 1.82) is 0 Å². The number of hydrogen-bond acceptors (Lipinski definition) is 2. The van der Waals surface area contributed by atoms with Crippen LogP contribution in [0.3, 0.4) is 0 Å². The fourth-order valence-electron chi connectivity index (χ4n) is 2.03.